The molecule has 0 amide bonds. The molecule has 0 saturated carbocycles. The van der Waals surface area contributed by atoms with Gasteiger partial charge in [0, 0.05) is 38.0 Å². The van der Waals surface area contributed by atoms with Crippen LogP contribution in [-0.4, -0.2) is 39.6 Å². The van der Waals surface area contributed by atoms with Gasteiger partial charge in [0.25, 0.3) is 0 Å². The van der Waals surface area contributed by atoms with E-state index in [2.05, 4.69) is 27.2 Å². The SMILES string of the molecule is Cn1c(-c2ccc(N3CCC(CCO)C3)cc2)n[nH]c1=O. The molecule has 1 atom stereocenters. The molecule has 112 valence electrons. The lowest BCUT2D eigenvalue weighted by atomic mass is 10.1. The molecule has 1 aromatic heterocycles. The average molecular weight is 288 g/mol. The number of aromatic amines is 1. The molecule has 0 spiro atoms. The number of aliphatic hydroxyl groups excluding tert-OH is 1. The highest BCUT2D eigenvalue weighted by Crippen LogP contribution is 2.27. The van der Waals surface area contributed by atoms with Gasteiger partial charge in [0.2, 0.25) is 0 Å². The lowest BCUT2D eigenvalue weighted by molar-refractivity contribution is 0.263. The summed E-state index contributed by atoms with van der Waals surface area (Å²) in [6.45, 7) is 2.30. The van der Waals surface area contributed by atoms with Gasteiger partial charge < -0.3 is 10.0 Å². The summed E-state index contributed by atoms with van der Waals surface area (Å²) in [5.74, 6) is 1.23. The van der Waals surface area contributed by atoms with E-state index in [1.165, 1.54) is 10.3 Å². The predicted molar refractivity (Wildman–Crippen MR) is 81.3 cm³/mol. The lowest BCUT2D eigenvalue weighted by Gasteiger charge is -2.18. The van der Waals surface area contributed by atoms with E-state index in [1.807, 2.05) is 12.1 Å². The van der Waals surface area contributed by atoms with Crippen LogP contribution >= 0.6 is 0 Å². The van der Waals surface area contributed by atoms with Crippen LogP contribution in [0.4, 0.5) is 5.69 Å². The first-order chi connectivity index (χ1) is 10.2. The molecule has 1 aliphatic rings. The van der Waals surface area contributed by atoms with Crippen LogP contribution in [0.5, 0.6) is 0 Å². The summed E-state index contributed by atoms with van der Waals surface area (Å²) in [6.07, 6.45) is 2.01. The molecule has 1 fully saturated rings. The quantitative estimate of drug-likeness (QED) is 0.879. The molecule has 6 heteroatoms. The Bertz CT molecular complexity index is 659. The Kier molecular flexibility index (Phi) is 3.79. The van der Waals surface area contributed by atoms with Crippen molar-refractivity contribution in [1.29, 1.82) is 0 Å². The molecular weight excluding hydrogens is 268 g/mol. The molecule has 1 unspecified atom stereocenters. The molecule has 0 bridgehead atoms. The molecular formula is C15H20N4O2. The maximum Gasteiger partial charge on any atom is 0.343 e. The van der Waals surface area contributed by atoms with E-state index in [0.717, 1.165) is 31.5 Å². The second kappa shape index (κ2) is 5.73. The van der Waals surface area contributed by atoms with E-state index in [4.69, 9.17) is 5.11 Å². The highest BCUT2D eigenvalue weighted by Gasteiger charge is 2.22. The smallest absolute Gasteiger partial charge is 0.343 e. The van der Waals surface area contributed by atoms with Crippen LogP contribution in [0.3, 0.4) is 0 Å². The molecule has 6 nitrogen and oxygen atoms in total. The molecule has 0 radical (unpaired) electrons. The number of nitrogens with one attached hydrogen (secondary N) is 1. The summed E-state index contributed by atoms with van der Waals surface area (Å²) < 4.78 is 1.50. The van der Waals surface area contributed by atoms with Crippen LogP contribution in [0.25, 0.3) is 11.4 Å². The number of aliphatic hydroxyl groups is 1. The molecule has 0 aliphatic carbocycles. The first kappa shape index (κ1) is 13.9. The monoisotopic (exact) mass is 288 g/mol. The van der Waals surface area contributed by atoms with Crippen LogP contribution < -0.4 is 10.6 Å². The third kappa shape index (κ3) is 2.71. The van der Waals surface area contributed by atoms with Crippen molar-refractivity contribution in [3.05, 3.63) is 34.7 Å². The summed E-state index contributed by atoms with van der Waals surface area (Å²) in [6, 6.07) is 8.11. The second-order valence-electron chi connectivity index (χ2n) is 5.57. The van der Waals surface area contributed by atoms with Crippen LogP contribution in [0.2, 0.25) is 0 Å². The maximum absolute atomic E-state index is 11.4. The normalized spacial score (nSPS) is 18.4. The molecule has 2 aromatic rings. The zero-order valence-corrected chi connectivity index (χ0v) is 12.1. The Balaban J connectivity index is 1.76. The fourth-order valence-electron chi connectivity index (χ4n) is 2.91. The van der Waals surface area contributed by atoms with Crippen molar-refractivity contribution in [2.45, 2.75) is 12.8 Å². The molecule has 2 heterocycles. The third-order valence-corrected chi connectivity index (χ3v) is 4.19. The molecule has 1 saturated heterocycles. The van der Waals surface area contributed by atoms with Gasteiger partial charge in [-0.25, -0.2) is 9.89 Å². The minimum atomic E-state index is -0.208. The number of H-pyrrole nitrogens is 1. The molecule has 1 aromatic carbocycles. The van der Waals surface area contributed by atoms with Gasteiger partial charge in [0.15, 0.2) is 5.82 Å². The summed E-state index contributed by atoms with van der Waals surface area (Å²) in [4.78, 5) is 13.7. The van der Waals surface area contributed by atoms with Crippen molar-refractivity contribution < 1.29 is 5.11 Å². The number of hydrogen-bond acceptors (Lipinski definition) is 4. The van der Waals surface area contributed by atoms with Crippen molar-refractivity contribution in [3.8, 4) is 11.4 Å². The topological polar surface area (TPSA) is 74.2 Å². The molecule has 21 heavy (non-hydrogen) atoms. The Morgan fingerprint density at radius 3 is 2.76 bits per heavy atom. The maximum atomic E-state index is 11.4. The number of hydrogen-bond donors (Lipinski definition) is 2. The fraction of sp³-hybridized carbons (Fsp3) is 0.467. The highest BCUT2D eigenvalue weighted by atomic mass is 16.3. The summed E-state index contributed by atoms with van der Waals surface area (Å²) in [5.41, 5.74) is 1.89. The van der Waals surface area contributed by atoms with E-state index in [0.29, 0.717) is 11.7 Å². The fourth-order valence-corrected chi connectivity index (χ4v) is 2.91. The number of nitrogens with zero attached hydrogens (tertiary/aromatic N) is 3. The van der Waals surface area contributed by atoms with Gasteiger partial charge in [-0.2, -0.15) is 5.10 Å². The van der Waals surface area contributed by atoms with Gasteiger partial charge in [0.1, 0.15) is 0 Å². The zero-order valence-electron chi connectivity index (χ0n) is 12.1. The number of benzene rings is 1. The van der Waals surface area contributed by atoms with Gasteiger partial charge in [-0.3, -0.25) is 4.57 Å². The Morgan fingerprint density at radius 1 is 1.38 bits per heavy atom. The van der Waals surface area contributed by atoms with Gasteiger partial charge in [-0.1, -0.05) is 0 Å². The van der Waals surface area contributed by atoms with Crippen LogP contribution in [0.1, 0.15) is 12.8 Å². The van der Waals surface area contributed by atoms with Crippen molar-refractivity contribution in [1.82, 2.24) is 14.8 Å². The van der Waals surface area contributed by atoms with Crippen molar-refractivity contribution >= 4 is 5.69 Å². The standard InChI is InChI=1S/C15H20N4O2/c1-18-14(16-17-15(18)21)12-2-4-13(5-3-12)19-8-6-11(10-19)7-9-20/h2-5,11,20H,6-10H2,1H3,(H,17,21). The molecule has 3 rings (SSSR count). The minimum Gasteiger partial charge on any atom is -0.396 e. The van der Waals surface area contributed by atoms with Gasteiger partial charge in [0.05, 0.1) is 0 Å². The Hall–Kier alpha value is -2.08. The zero-order chi connectivity index (χ0) is 14.8. The first-order valence-corrected chi connectivity index (χ1v) is 7.26. The van der Waals surface area contributed by atoms with E-state index in [-0.39, 0.29) is 12.3 Å². The Labute approximate surface area is 123 Å². The average Bonchev–Trinajstić information content (AvgIpc) is 3.08. The summed E-state index contributed by atoms with van der Waals surface area (Å²) >= 11 is 0. The number of anilines is 1. The predicted octanol–water partition coefficient (Wildman–Crippen LogP) is 0.984. The van der Waals surface area contributed by atoms with Crippen molar-refractivity contribution in [2.24, 2.45) is 13.0 Å². The third-order valence-electron chi connectivity index (χ3n) is 4.19. The second-order valence-corrected chi connectivity index (χ2v) is 5.57. The summed E-state index contributed by atoms with van der Waals surface area (Å²) in [5, 5.41) is 15.5. The van der Waals surface area contributed by atoms with E-state index in [9.17, 15) is 4.79 Å². The van der Waals surface area contributed by atoms with Crippen LogP contribution in [0.15, 0.2) is 29.1 Å². The van der Waals surface area contributed by atoms with E-state index in [1.54, 1.807) is 7.05 Å². The lowest BCUT2D eigenvalue weighted by Crippen LogP contribution is -2.19. The van der Waals surface area contributed by atoms with Crippen LogP contribution in [-0.2, 0) is 7.05 Å². The van der Waals surface area contributed by atoms with Crippen molar-refractivity contribution in [2.75, 3.05) is 24.6 Å². The number of rotatable bonds is 4. The van der Waals surface area contributed by atoms with Gasteiger partial charge in [-0.05, 0) is 43.0 Å². The Morgan fingerprint density at radius 2 is 2.14 bits per heavy atom. The summed E-state index contributed by atoms with van der Waals surface area (Å²) in [7, 11) is 1.70. The minimum absolute atomic E-state index is 0.208. The molecule has 2 N–H and O–H groups in total. The van der Waals surface area contributed by atoms with Crippen molar-refractivity contribution in [3.63, 3.8) is 0 Å². The van der Waals surface area contributed by atoms with Gasteiger partial charge >= 0.3 is 5.69 Å². The van der Waals surface area contributed by atoms with E-state index >= 15 is 0 Å². The van der Waals surface area contributed by atoms with E-state index < -0.39 is 0 Å². The number of aromatic nitrogens is 3. The van der Waals surface area contributed by atoms with Crippen LogP contribution in [0, 0.1) is 5.92 Å². The first-order valence-electron chi connectivity index (χ1n) is 7.26. The highest BCUT2D eigenvalue weighted by molar-refractivity contribution is 5.60. The molecule has 1 aliphatic heterocycles. The van der Waals surface area contributed by atoms with Gasteiger partial charge in [-0.15, -0.1) is 0 Å². The largest absolute Gasteiger partial charge is 0.396 e.